The number of halogens is 2. The maximum absolute atomic E-state index is 5.89. The van der Waals surface area contributed by atoms with Gasteiger partial charge in [0.2, 0.25) is 0 Å². The molecule has 53 heavy (non-hydrogen) atoms. The SMILES string of the molecule is Cn1cc(-c2ccc(N)nc2)cn1.Cn1cc(-c2cnc(N)c(Br)c2)cn1.Cn1cc(B2OC(C)(C)C(C)(C)O2)cn1.Nc1ccc(Br)cn1.[B]=NS. The van der Waals surface area contributed by atoms with Crippen molar-refractivity contribution in [2.75, 3.05) is 17.2 Å². The van der Waals surface area contributed by atoms with Crippen molar-refractivity contribution in [2.24, 2.45) is 25.4 Å². The summed E-state index contributed by atoms with van der Waals surface area (Å²) in [6.45, 7) is 8.18. The van der Waals surface area contributed by atoms with E-state index in [2.05, 4.69) is 86.9 Å². The molecule has 1 aliphatic heterocycles. The standard InChI is InChI=1S/C10H17BN2O2.C9H9BrN4.C9H10N4.C5H5BrN2.BHNS/c1-9(2)10(3,4)15-11(14-9)8-6-12-13(5)7-8;1-14-5-7(4-13-14)6-2-8(10)9(11)12-3-6;1-13-6-8(5-12-13)7-2-3-9(10)11-4-7;6-4-1-2-5(7)8-3-4;1-2-3/h6-7H,1-5H3;2-5H,1H3,(H2,11,12);2-6H,1H3,(H2,10,11);1-3H,(H2,7,8);3H. The third-order valence-corrected chi connectivity index (χ3v) is 8.84. The summed E-state index contributed by atoms with van der Waals surface area (Å²) < 4.78 is 21.5. The van der Waals surface area contributed by atoms with E-state index in [1.807, 2.05) is 85.6 Å². The summed E-state index contributed by atoms with van der Waals surface area (Å²) in [5.41, 5.74) is 20.9. The fourth-order valence-electron chi connectivity index (χ4n) is 4.25. The molecule has 0 bridgehead atoms. The van der Waals surface area contributed by atoms with Crippen LogP contribution in [0.15, 0.2) is 99.3 Å². The van der Waals surface area contributed by atoms with Crippen LogP contribution < -0.4 is 22.7 Å². The Labute approximate surface area is 333 Å². The summed E-state index contributed by atoms with van der Waals surface area (Å²) >= 11 is 9.75. The summed E-state index contributed by atoms with van der Waals surface area (Å²) in [4.78, 5) is 11.9. The van der Waals surface area contributed by atoms with Gasteiger partial charge in [-0.3, -0.25) is 14.0 Å². The molecule has 7 heterocycles. The topological polar surface area (TPSA) is 201 Å². The Balaban J connectivity index is 0.000000189. The van der Waals surface area contributed by atoms with Gasteiger partial charge < -0.3 is 26.5 Å². The van der Waals surface area contributed by atoms with Crippen molar-refractivity contribution >= 4 is 82.3 Å². The van der Waals surface area contributed by atoms with Crippen molar-refractivity contribution < 1.29 is 9.31 Å². The minimum absolute atomic E-state index is 0.284. The number of nitrogen functional groups attached to an aromatic ring is 3. The molecule has 15 nitrogen and oxygen atoms in total. The van der Waals surface area contributed by atoms with Crippen LogP contribution in [0.5, 0.6) is 0 Å². The zero-order valence-corrected chi connectivity index (χ0v) is 34.5. The number of hydrogen-bond acceptors (Lipinski definition) is 13. The maximum atomic E-state index is 5.89. The molecule has 20 heteroatoms. The molecule has 0 saturated carbocycles. The van der Waals surface area contributed by atoms with Gasteiger partial charge in [-0.1, -0.05) is 0 Å². The number of anilines is 3. The zero-order valence-electron chi connectivity index (χ0n) is 30.5. The van der Waals surface area contributed by atoms with Gasteiger partial charge >= 0.3 is 31.9 Å². The van der Waals surface area contributed by atoms with E-state index < -0.39 is 0 Å². The van der Waals surface area contributed by atoms with E-state index >= 15 is 0 Å². The number of nitrogens with two attached hydrogens (primary N) is 3. The fourth-order valence-corrected chi connectivity index (χ4v) is 4.83. The van der Waals surface area contributed by atoms with Crippen LogP contribution in [0.1, 0.15) is 27.7 Å². The molecule has 1 fully saturated rings. The van der Waals surface area contributed by atoms with Gasteiger partial charge in [-0.2, -0.15) is 15.3 Å². The van der Waals surface area contributed by atoms with E-state index in [1.165, 1.54) is 0 Å². The van der Waals surface area contributed by atoms with Crippen molar-refractivity contribution in [2.45, 2.75) is 38.9 Å². The number of hydrogen-bond donors (Lipinski definition) is 4. The summed E-state index contributed by atoms with van der Waals surface area (Å²) in [7, 11) is 9.68. The second-order valence-electron chi connectivity index (χ2n) is 12.4. The number of aromatic nitrogens is 9. The quantitative estimate of drug-likeness (QED) is 0.134. The molecule has 277 valence electrons. The zero-order chi connectivity index (χ0) is 39.3. The number of thiol groups is 1. The van der Waals surface area contributed by atoms with E-state index in [4.69, 9.17) is 26.5 Å². The van der Waals surface area contributed by atoms with Crippen LogP contribution in [0.3, 0.4) is 0 Å². The predicted octanol–water partition coefficient (Wildman–Crippen LogP) is 5.22. The molecule has 6 aromatic rings. The predicted molar refractivity (Wildman–Crippen MR) is 222 cm³/mol. The van der Waals surface area contributed by atoms with E-state index in [1.54, 1.807) is 63.4 Å². The Morgan fingerprint density at radius 2 is 1.15 bits per heavy atom. The first-order valence-electron chi connectivity index (χ1n) is 15.8. The average Bonchev–Trinajstić information content (AvgIpc) is 3.89. The average molecular weight is 866 g/mol. The van der Waals surface area contributed by atoms with Crippen LogP contribution >= 0.6 is 44.7 Å². The van der Waals surface area contributed by atoms with Crippen LogP contribution in [0.2, 0.25) is 0 Å². The molecule has 0 aliphatic carbocycles. The second kappa shape index (κ2) is 19.6. The first-order chi connectivity index (χ1) is 24.9. The summed E-state index contributed by atoms with van der Waals surface area (Å²) in [5.74, 6) is 1.58. The van der Waals surface area contributed by atoms with Crippen LogP contribution in [0.25, 0.3) is 22.3 Å². The van der Waals surface area contributed by atoms with Gasteiger partial charge in [-0.05, 0) is 89.9 Å². The summed E-state index contributed by atoms with van der Waals surface area (Å²) in [6.07, 6.45) is 16.3. The molecule has 0 amide bonds. The molecule has 0 atom stereocenters. The molecule has 0 aromatic carbocycles. The molecule has 6 N–H and O–H groups in total. The Kier molecular flexibility index (Phi) is 16.0. The monoisotopic (exact) mass is 864 g/mol. The first-order valence-corrected chi connectivity index (χ1v) is 17.8. The number of rotatable bonds is 3. The van der Waals surface area contributed by atoms with E-state index in [9.17, 15) is 0 Å². The van der Waals surface area contributed by atoms with Crippen LogP contribution in [0.4, 0.5) is 17.5 Å². The van der Waals surface area contributed by atoms with Gasteiger partial charge in [-0.25, -0.2) is 15.0 Å². The third-order valence-electron chi connectivity index (χ3n) is 7.73. The number of nitrogens with zero attached hydrogens (tertiary/aromatic N) is 10. The van der Waals surface area contributed by atoms with Gasteiger partial charge in [0.15, 0.2) is 0 Å². The molecule has 0 spiro atoms. The molecule has 1 saturated heterocycles. The normalized spacial score (nSPS) is 13.5. The Morgan fingerprint density at radius 3 is 1.55 bits per heavy atom. The molecular formula is C33H42B2Br2N13O2S. The van der Waals surface area contributed by atoms with Crippen molar-refractivity contribution in [1.82, 2.24) is 44.3 Å². The Morgan fingerprint density at radius 1 is 0.679 bits per heavy atom. The summed E-state index contributed by atoms with van der Waals surface area (Å²) in [5, 5.41) is 12.3. The van der Waals surface area contributed by atoms with E-state index in [-0.39, 0.29) is 18.3 Å². The van der Waals surface area contributed by atoms with Gasteiger partial charge in [0, 0.05) is 96.7 Å². The van der Waals surface area contributed by atoms with Crippen molar-refractivity contribution in [1.29, 1.82) is 0 Å². The third kappa shape index (κ3) is 13.2. The van der Waals surface area contributed by atoms with Gasteiger partial charge in [0.25, 0.3) is 0 Å². The summed E-state index contributed by atoms with van der Waals surface area (Å²) in [6, 6.07) is 9.23. The van der Waals surface area contributed by atoms with Crippen LogP contribution in [0, 0.1) is 0 Å². The molecule has 7 rings (SSSR count). The number of aryl methyl sites for hydroxylation is 3. The Hall–Kier alpha value is -4.36. The van der Waals surface area contributed by atoms with Gasteiger partial charge in [0.05, 0.1) is 28.1 Å². The van der Waals surface area contributed by atoms with E-state index in [0.29, 0.717) is 17.5 Å². The van der Waals surface area contributed by atoms with Crippen LogP contribution in [-0.2, 0) is 30.5 Å². The molecule has 1 aliphatic rings. The van der Waals surface area contributed by atoms with Crippen molar-refractivity contribution in [3.05, 3.63) is 95.0 Å². The minimum atomic E-state index is -0.302. The van der Waals surface area contributed by atoms with Crippen molar-refractivity contribution in [3.8, 4) is 22.3 Å². The fraction of sp³-hybridized carbons (Fsp3) is 0.273. The molecule has 6 aromatic heterocycles. The van der Waals surface area contributed by atoms with E-state index in [0.717, 1.165) is 36.7 Å². The second-order valence-corrected chi connectivity index (χ2v) is 14.4. The molecule has 1 radical (unpaired) electrons. The molecule has 0 unspecified atom stereocenters. The van der Waals surface area contributed by atoms with Crippen LogP contribution in [-0.4, -0.2) is 70.3 Å². The molecular weight excluding hydrogens is 824 g/mol. The first kappa shape index (κ1) is 43.0. The Bertz CT molecular complexity index is 2000. The van der Waals surface area contributed by atoms with Crippen molar-refractivity contribution in [3.63, 3.8) is 0 Å². The number of pyridine rings is 3. The van der Waals surface area contributed by atoms with Gasteiger partial charge in [0.1, 0.15) is 17.5 Å². The van der Waals surface area contributed by atoms with Gasteiger partial charge in [-0.15, -0.1) is 0 Å².